The van der Waals surface area contributed by atoms with E-state index in [-0.39, 0.29) is 24.5 Å². The molecule has 0 saturated carbocycles. The average molecular weight is 443 g/mol. The van der Waals surface area contributed by atoms with E-state index in [1.807, 2.05) is 24.3 Å². The lowest BCUT2D eigenvalue weighted by atomic mass is 10.2. The molecule has 0 radical (unpaired) electrons. The van der Waals surface area contributed by atoms with Crippen molar-refractivity contribution in [1.82, 2.24) is 9.97 Å². The van der Waals surface area contributed by atoms with E-state index in [0.29, 0.717) is 27.2 Å². The fourth-order valence-electron chi connectivity index (χ4n) is 2.90. The van der Waals surface area contributed by atoms with Gasteiger partial charge in [0.15, 0.2) is 11.5 Å². The van der Waals surface area contributed by atoms with Crippen molar-refractivity contribution in [2.45, 2.75) is 13.2 Å². The van der Waals surface area contributed by atoms with Gasteiger partial charge in [-0.15, -0.1) is 0 Å². The van der Waals surface area contributed by atoms with Gasteiger partial charge in [0.25, 0.3) is 0 Å². The van der Waals surface area contributed by atoms with E-state index in [1.54, 1.807) is 24.3 Å². The van der Waals surface area contributed by atoms with Gasteiger partial charge in [-0.05, 0) is 48.5 Å². The standard InChI is InChI=1S/C22H16Cl2N2O4/c23-15-6-7-16(24)14(9-15)11-29-20-10-13(22(27)28)5-8-19(20)30-12-21-25-17-3-1-2-4-18(17)26-21/h1-10H,11-12H2,(H,25,26)(H,27,28). The number of nitrogens with one attached hydrogen (secondary N) is 1. The lowest BCUT2D eigenvalue weighted by Gasteiger charge is -2.14. The normalized spacial score (nSPS) is 10.9. The summed E-state index contributed by atoms with van der Waals surface area (Å²) in [4.78, 5) is 19.0. The number of carboxylic acids is 1. The second-order valence-electron chi connectivity index (χ2n) is 6.48. The summed E-state index contributed by atoms with van der Waals surface area (Å²) in [6.45, 7) is 0.263. The zero-order valence-corrected chi connectivity index (χ0v) is 17.1. The predicted octanol–water partition coefficient (Wildman–Crippen LogP) is 5.73. The van der Waals surface area contributed by atoms with E-state index in [0.717, 1.165) is 11.0 Å². The third-order valence-electron chi connectivity index (χ3n) is 4.38. The van der Waals surface area contributed by atoms with Crippen LogP contribution < -0.4 is 9.47 Å². The molecule has 2 N–H and O–H groups in total. The highest BCUT2D eigenvalue weighted by Gasteiger charge is 2.13. The molecule has 4 rings (SSSR count). The molecule has 152 valence electrons. The minimum Gasteiger partial charge on any atom is -0.485 e. The first-order valence-corrected chi connectivity index (χ1v) is 9.75. The van der Waals surface area contributed by atoms with Crippen LogP contribution in [0.3, 0.4) is 0 Å². The summed E-state index contributed by atoms with van der Waals surface area (Å²) in [6, 6.07) is 17.1. The molecule has 3 aromatic carbocycles. The topological polar surface area (TPSA) is 84.4 Å². The van der Waals surface area contributed by atoms with Crippen molar-refractivity contribution in [3.63, 3.8) is 0 Å². The molecule has 1 aromatic heterocycles. The molecule has 8 heteroatoms. The zero-order valence-electron chi connectivity index (χ0n) is 15.6. The van der Waals surface area contributed by atoms with Crippen LogP contribution in [0.15, 0.2) is 60.7 Å². The highest BCUT2D eigenvalue weighted by molar-refractivity contribution is 6.33. The monoisotopic (exact) mass is 442 g/mol. The first kappa shape index (κ1) is 20.1. The number of rotatable bonds is 7. The molecule has 0 atom stereocenters. The second-order valence-corrected chi connectivity index (χ2v) is 7.32. The van der Waals surface area contributed by atoms with Gasteiger partial charge in [0.05, 0.1) is 16.6 Å². The number of carboxylic acid groups (broad SMARTS) is 1. The van der Waals surface area contributed by atoms with Crippen molar-refractivity contribution >= 4 is 40.2 Å². The van der Waals surface area contributed by atoms with Crippen molar-refractivity contribution < 1.29 is 19.4 Å². The smallest absolute Gasteiger partial charge is 0.335 e. The van der Waals surface area contributed by atoms with E-state index in [1.165, 1.54) is 12.1 Å². The first-order valence-electron chi connectivity index (χ1n) is 9.00. The van der Waals surface area contributed by atoms with E-state index < -0.39 is 5.97 Å². The van der Waals surface area contributed by atoms with Crippen molar-refractivity contribution in [1.29, 1.82) is 0 Å². The van der Waals surface area contributed by atoms with Crippen LogP contribution in [0, 0.1) is 0 Å². The summed E-state index contributed by atoms with van der Waals surface area (Å²) in [5.41, 5.74) is 2.50. The number of hydrogen-bond acceptors (Lipinski definition) is 4. The van der Waals surface area contributed by atoms with Gasteiger partial charge in [0.1, 0.15) is 19.0 Å². The lowest BCUT2D eigenvalue weighted by molar-refractivity contribution is 0.0696. The predicted molar refractivity (Wildman–Crippen MR) is 115 cm³/mol. The van der Waals surface area contributed by atoms with Crippen molar-refractivity contribution in [2.75, 3.05) is 0 Å². The van der Waals surface area contributed by atoms with Crippen LogP contribution in [0.4, 0.5) is 0 Å². The van der Waals surface area contributed by atoms with Crippen molar-refractivity contribution in [3.05, 3.63) is 87.7 Å². The Labute approximate surface area is 182 Å². The average Bonchev–Trinajstić information content (AvgIpc) is 3.16. The van der Waals surface area contributed by atoms with Crippen molar-refractivity contribution in [3.8, 4) is 11.5 Å². The van der Waals surface area contributed by atoms with Crippen LogP contribution in [0.2, 0.25) is 10.0 Å². The second kappa shape index (κ2) is 8.65. The van der Waals surface area contributed by atoms with Crippen LogP contribution in [0.1, 0.15) is 21.7 Å². The Hall–Kier alpha value is -3.22. The summed E-state index contributed by atoms with van der Waals surface area (Å²) in [6.07, 6.45) is 0. The minimum atomic E-state index is -1.07. The van der Waals surface area contributed by atoms with Crippen LogP contribution in [0.25, 0.3) is 11.0 Å². The Kier molecular flexibility index (Phi) is 5.79. The van der Waals surface area contributed by atoms with E-state index in [4.69, 9.17) is 32.7 Å². The minimum absolute atomic E-state index is 0.0817. The number of para-hydroxylation sites is 2. The Morgan fingerprint density at radius 3 is 2.57 bits per heavy atom. The molecule has 0 aliphatic heterocycles. The molecule has 0 saturated heterocycles. The SMILES string of the molecule is O=C(O)c1ccc(OCc2nc3ccccc3[nH]2)c(OCc2cc(Cl)ccc2Cl)c1. The van der Waals surface area contributed by atoms with Gasteiger partial charge in [-0.2, -0.15) is 0 Å². The molecule has 0 aliphatic carbocycles. The van der Waals surface area contributed by atoms with Crippen molar-refractivity contribution in [2.24, 2.45) is 0 Å². The molecule has 1 heterocycles. The first-order chi connectivity index (χ1) is 14.5. The summed E-state index contributed by atoms with van der Waals surface area (Å²) < 4.78 is 11.7. The number of imidazole rings is 1. The van der Waals surface area contributed by atoms with Gasteiger partial charge in [0.2, 0.25) is 0 Å². The van der Waals surface area contributed by atoms with Gasteiger partial charge in [0, 0.05) is 15.6 Å². The summed E-state index contributed by atoms with van der Waals surface area (Å²) in [5, 5.41) is 10.3. The van der Waals surface area contributed by atoms with Gasteiger partial charge in [-0.25, -0.2) is 9.78 Å². The number of fused-ring (bicyclic) bond motifs is 1. The third kappa shape index (κ3) is 4.50. The lowest BCUT2D eigenvalue weighted by Crippen LogP contribution is -2.04. The number of halogens is 2. The fraction of sp³-hybridized carbons (Fsp3) is 0.0909. The maximum atomic E-state index is 11.4. The number of benzene rings is 3. The van der Waals surface area contributed by atoms with Crippen LogP contribution in [0.5, 0.6) is 11.5 Å². The molecular formula is C22H16Cl2N2O4. The van der Waals surface area contributed by atoms with Gasteiger partial charge in [-0.1, -0.05) is 35.3 Å². The van der Waals surface area contributed by atoms with Gasteiger partial charge in [-0.3, -0.25) is 0 Å². The van der Waals surface area contributed by atoms with E-state index in [2.05, 4.69) is 9.97 Å². The number of carbonyl (C=O) groups is 1. The number of ether oxygens (including phenoxy) is 2. The Bertz CT molecular complexity index is 1190. The highest BCUT2D eigenvalue weighted by atomic mass is 35.5. The van der Waals surface area contributed by atoms with Crippen LogP contribution in [-0.2, 0) is 13.2 Å². The molecule has 0 fully saturated rings. The Morgan fingerprint density at radius 1 is 0.967 bits per heavy atom. The Morgan fingerprint density at radius 2 is 1.77 bits per heavy atom. The molecular weight excluding hydrogens is 427 g/mol. The van der Waals surface area contributed by atoms with E-state index in [9.17, 15) is 9.90 Å². The number of aromatic amines is 1. The summed E-state index contributed by atoms with van der Waals surface area (Å²) >= 11 is 12.2. The molecule has 0 bridgehead atoms. The molecule has 0 spiro atoms. The third-order valence-corrected chi connectivity index (χ3v) is 4.99. The number of aromatic carboxylic acids is 1. The largest absolute Gasteiger partial charge is 0.485 e. The zero-order chi connectivity index (χ0) is 21.1. The Balaban J connectivity index is 1.55. The molecule has 0 amide bonds. The van der Waals surface area contributed by atoms with Gasteiger partial charge >= 0.3 is 5.97 Å². The van der Waals surface area contributed by atoms with Crippen LogP contribution in [-0.4, -0.2) is 21.0 Å². The fourth-order valence-corrected chi connectivity index (χ4v) is 3.27. The highest BCUT2D eigenvalue weighted by Crippen LogP contribution is 2.31. The molecule has 6 nitrogen and oxygen atoms in total. The molecule has 0 unspecified atom stereocenters. The number of H-pyrrole nitrogens is 1. The van der Waals surface area contributed by atoms with E-state index >= 15 is 0 Å². The summed E-state index contributed by atoms with van der Waals surface area (Å²) in [5.74, 6) is 0.243. The molecule has 30 heavy (non-hydrogen) atoms. The summed E-state index contributed by atoms with van der Waals surface area (Å²) in [7, 11) is 0. The van der Waals surface area contributed by atoms with Gasteiger partial charge < -0.3 is 19.6 Å². The number of hydrogen-bond donors (Lipinski definition) is 2. The van der Waals surface area contributed by atoms with Crippen LogP contribution >= 0.6 is 23.2 Å². The maximum Gasteiger partial charge on any atom is 0.335 e. The quantitative estimate of drug-likeness (QED) is 0.381. The number of nitrogens with zero attached hydrogens (tertiary/aromatic N) is 1. The molecule has 0 aliphatic rings. The number of aromatic nitrogens is 2. The molecule has 4 aromatic rings. The maximum absolute atomic E-state index is 11.4.